The van der Waals surface area contributed by atoms with Crippen LogP contribution in [0.5, 0.6) is 0 Å². The number of para-hydroxylation sites is 1. The minimum Gasteiger partial charge on any atom is -0.383 e. The number of nitrogens with one attached hydrogen (secondary N) is 1. The number of nitrogens with zero attached hydrogens (tertiary/aromatic N) is 3. The number of nitrogen functional groups attached to an aromatic ring is 1. The van der Waals surface area contributed by atoms with Gasteiger partial charge in [-0.15, -0.1) is 0 Å². The number of H-pyrrole nitrogens is 1. The Morgan fingerprint density at radius 1 is 0.906 bits per heavy atom. The van der Waals surface area contributed by atoms with Crippen molar-refractivity contribution in [3.8, 4) is 11.1 Å². The van der Waals surface area contributed by atoms with Crippen molar-refractivity contribution in [2.24, 2.45) is 0 Å². The Bertz CT molecular complexity index is 1400. The first-order valence-corrected chi connectivity index (χ1v) is 11.2. The van der Waals surface area contributed by atoms with Gasteiger partial charge in [0, 0.05) is 64.8 Å². The van der Waals surface area contributed by atoms with Crippen LogP contribution in [0.1, 0.15) is 24.3 Å². The lowest BCUT2D eigenvalue weighted by Gasteiger charge is -2.34. The number of hydrogen-bond donors (Lipinski definition) is 2. The van der Waals surface area contributed by atoms with E-state index in [2.05, 4.69) is 69.5 Å². The number of aromatic nitrogens is 3. The van der Waals surface area contributed by atoms with Crippen LogP contribution in [0.3, 0.4) is 0 Å². The Labute approximate surface area is 186 Å². The van der Waals surface area contributed by atoms with E-state index < -0.39 is 0 Å². The van der Waals surface area contributed by atoms with Gasteiger partial charge < -0.3 is 15.6 Å². The molecule has 0 saturated carbocycles. The molecule has 4 heterocycles. The van der Waals surface area contributed by atoms with E-state index in [9.17, 15) is 0 Å². The van der Waals surface area contributed by atoms with Crippen molar-refractivity contribution in [2.45, 2.75) is 18.8 Å². The first kappa shape index (κ1) is 18.9. The van der Waals surface area contributed by atoms with E-state index in [0.29, 0.717) is 11.7 Å². The van der Waals surface area contributed by atoms with E-state index in [1.807, 2.05) is 24.7 Å². The van der Waals surface area contributed by atoms with Gasteiger partial charge in [-0.05, 0) is 60.7 Å². The molecular weight excluding hydrogens is 394 g/mol. The number of piperidine rings is 1. The number of rotatable bonds is 3. The monoisotopic (exact) mass is 419 g/mol. The quantitative estimate of drug-likeness (QED) is 0.391. The molecule has 2 aromatic carbocycles. The minimum absolute atomic E-state index is 0.566. The van der Waals surface area contributed by atoms with Gasteiger partial charge in [0.05, 0.1) is 5.52 Å². The Kier molecular flexibility index (Phi) is 4.53. The molecule has 0 amide bonds. The van der Waals surface area contributed by atoms with Gasteiger partial charge in [0.25, 0.3) is 0 Å². The van der Waals surface area contributed by atoms with Crippen molar-refractivity contribution in [2.75, 3.05) is 23.7 Å². The van der Waals surface area contributed by atoms with Crippen molar-refractivity contribution in [1.82, 2.24) is 15.0 Å². The standard InChI is InChI=1S/C27H25N5/c28-27-23(24-17-30-25-4-2-1-3-22(24)25)15-20-5-6-21(16-26(20)31-27)32-13-9-19(10-14-32)18-7-11-29-12-8-18/h1-8,11-12,15-17,19,30H,9-10,13-14H2,(H2,28,31). The molecule has 0 aliphatic carbocycles. The predicted molar refractivity (Wildman–Crippen MR) is 132 cm³/mol. The number of fused-ring (bicyclic) bond motifs is 2. The number of hydrogen-bond acceptors (Lipinski definition) is 4. The zero-order chi connectivity index (χ0) is 21.5. The summed E-state index contributed by atoms with van der Waals surface area (Å²) >= 11 is 0. The smallest absolute Gasteiger partial charge is 0.132 e. The fraction of sp³-hybridized carbons (Fsp3) is 0.185. The molecule has 1 aliphatic heterocycles. The van der Waals surface area contributed by atoms with Gasteiger partial charge in [0.15, 0.2) is 0 Å². The van der Waals surface area contributed by atoms with Crippen molar-refractivity contribution in [3.05, 3.63) is 84.8 Å². The molecule has 3 aromatic heterocycles. The number of pyridine rings is 2. The molecule has 5 nitrogen and oxygen atoms in total. The molecule has 0 unspecified atom stereocenters. The average molecular weight is 420 g/mol. The zero-order valence-electron chi connectivity index (χ0n) is 17.8. The van der Waals surface area contributed by atoms with Crippen LogP contribution < -0.4 is 10.6 Å². The van der Waals surface area contributed by atoms with Crippen LogP contribution in [-0.4, -0.2) is 28.0 Å². The van der Waals surface area contributed by atoms with Crippen molar-refractivity contribution in [3.63, 3.8) is 0 Å². The van der Waals surface area contributed by atoms with Crippen LogP contribution in [-0.2, 0) is 0 Å². The summed E-state index contributed by atoms with van der Waals surface area (Å²) in [6.45, 7) is 2.09. The number of benzene rings is 2. The molecule has 3 N–H and O–H groups in total. The molecule has 1 aliphatic rings. The van der Waals surface area contributed by atoms with Gasteiger partial charge in [0.2, 0.25) is 0 Å². The molecule has 5 aromatic rings. The topological polar surface area (TPSA) is 70.8 Å². The minimum atomic E-state index is 0.566. The molecular formula is C27H25N5. The van der Waals surface area contributed by atoms with Crippen molar-refractivity contribution < 1.29 is 0 Å². The molecule has 0 bridgehead atoms. The average Bonchev–Trinajstić information content (AvgIpc) is 3.28. The SMILES string of the molecule is Nc1nc2cc(N3CCC(c4ccncc4)CC3)ccc2cc1-c1c[nH]c2ccccc12. The highest BCUT2D eigenvalue weighted by Gasteiger charge is 2.21. The van der Waals surface area contributed by atoms with Crippen molar-refractivity contribution >= 4 is 33.3 Å². The number of anilines is 2. The molecule has 1 saturated heterocycles. The lowest BCUT2D eigenvalue weighted by molar-refractivity contribution is 0.505. The van der Waals surface area contributed by atoms with Gasteiger partial charge in [-0.25, -0.2) is 4.98 Å². The third-order valence-electron chi connectivity index (χ3n) is 6.75. The van der Waals surface area contributed by atoms with Crippen LogP contribution >= 0.6 is 0 Å². The van der Waals surface area contributed by atoms with Crippen LogP contribution in [0.15, 0.2) is 79.3 Å². The Morgan fingerprint density at radius 2 is 1.72 bits per heavy atom. The third-order valence-corrected chi connectivity index (χ3v) is 6.75. The first-order valence-electron chi connectivity index (χ1n) is 11.2. The molecule has 6 rings (SSSR count). The lowest BCUT2D eigenvalue weighted by Crippen LogP contribution is -2.32. The second kappa shape index (κ2) is 7.68. The normalized spacial score (nSPS) is 14.9. The predicted octanol–water partition coefficient (Wildman–Crippen LogP) is 5.74. The molecule has 32 heavy (non-hydrogen) atoms. The second-order valence-electron chi connectivity index (χ2n) is 8.59. The molecule has 0 radical (unpaired) electrons. The number of nitrogens with two attached hydrogens (primary N) is 1. The summed E-state index contributed by atoms with van der Waals surface area (Å²) in [7, 11) is 0. The zero-order valence-corrected chi connectivity index (χ0v) is 17.8. The van der Waals surface area contributed by atoms with Gasteiger partial charge >= 0.3 is 0 Å². The molecule has 1 fully saturated rings. The molecule has 5 heteroatoms. The highest BCUT2D eigenvalue weighted by molar-refractivity contribution is 6.00. The lowest BCUT2D eigenvalue weighted by atomic mass is 9.90. The summed E-state index contributed by atoms with van der Waals surface area (Å²) in [4.78, 5) is 14.7. The summed E-state index contributed by atoms with van der Waals surface area (Å²) in [5.74, 6) is 1.18. The highest BCUT2D eigenvalue weighted by Crippen LogP contribution is 2.35. The summed E-state index contributed by atoms with van der Waals surface area (Å²) < 4.78 is 0. The maximum atomic E-state index is 6.44. The van der Waals surface area contributed by atoms with Gasteiger partial charge in [-0.2, -0.15) is 0 Å². The van der Waals surface area contributed by atoms with Crippen molar-refractivity contribution in [1.29, 1.82) is 0 Å². The summed E-state index contributed by atoms with van der Waals surface area (Å²) in [6, 6.07) is 21.3. The van der Waals surface area contributed by atoms with Crippen LogP contribution in [0.25, 0.3) is 32.9 Å². The fourth-order valence-corrected chi connectivity index (χ4v) is 4.98. The summed E-state index contributed by atoms with van der Waals surface area (Å²) in [5.41, 5.74) is 13.2. The largest absolute Gasteiger partial charge is 0.383 e. The molecule has 0 spiro atoms. The fourth-order valence-electron chi connectivity index (χ4n) is 4.98. The highest BCUT2D eigenvalue weighted by atomic mass is 15.1. The van der Waals surface area contributed by atoms with E-state index in [1.165, 1.54) is 11.3 Å². The second-order valence-corrected chi connectivity index (χ2v) is 8.59. The van der Waals surface area contributed by atoms with E-state index in [4.69, 9.17) is 10.7 Å². The van der Waals surface area contributed by atoms with E-state index in [1.54, 1.807) is 0 Å². The molecule has 0 atom stereocenters. The van der Waals surface area contributed by atoms with Crippen LogP contribution in [0.4, 0.5) is 11.5 Å². The van der Waals surface area contributed by atoms with Gasteiger partial charge in [-0.1, -0.05) is 24.3 Å². The van der Waals surface area contributed by atoms with E-state index in [0.717, 1.165) is 58.9 Å². The van der Waals surface area contributed by atoms with E-state index >= 15 is 0 Å². The van der Waals surface area contributed by atoms with Crippen LogP contribution in [0.2, 0.25) is 0 Å². The van der Waals surface area contributed by atoms with E-state index in [-0.39, 0.29) is 0 Å². The first-order chi connectivity index (χ1) is 15.8. The Morgan fingerprint density at radius 3 is 2.56 bits per heavy atom. The van der Waals surface area contributed by atoms with Gasteiger partial charge in [-0.3, -0.25) is 4.98 Å². The Hall–Kier alpha value is -3.86. The number of aromatic amines is 1. The summed E-state index contributed by atoms with van der Waals surface area (Å²) in [5, 5.41) is 2.27. The maximum absolute atomic E-state index is 6.44. The maximum Gasteiger partial charge on any atom is 0.132 e. The van der Waals surface area contributed by atoms with Gasteiger partial charge in [0.1, 0.15) is 5.82 Å². The molecule has 158 valence electrons. The Balaban J connectivity index is 1.28. The van der Waals surface area contributed by atoms with Crippen LogP contribution in [0, 0.1) is 0 Å². The third kappa shape index (κ3) is 3.26. The summed E-state index contributed by atoms with van der Waals surface area (Å²) in [6.07, 6.45) is 8.11.